The lowest BCUT2D eigenvalue weighted by molar-refractivity contribution is -0.151. The molecule has 0 aliphatic rings. The molecule has 0 aliphatic carbocycles. The van der Waals surface area contributed by atoms with E-state index < -0.39 is 24.4 Å². The zero-order chi connectivity index (χ0) is 9.07. The molecule has 0 aromatic carbocycles. The van der Waals surface area contributed by atoms with Gasteiger partial charge in [-0.3, -0.25) is 4.79 Å². The second kappa shape index (κ2) is 3.61. The van der Waals surface area contributed by atoms with E-state index in [2.05, 4.69) is 4.74 Å². The van der Waals surface area contributed by atoms with E-state index in [4.69, 9.17) is 5.11 Å². The lowest BCUT2D eigenvalue weighted by atomic mass is 10.1. The van der Waals surface area contributed by atoms with Crippen LogP contribution < -0.4 is 0 Å². The first-order chi connectivity index (χ1) is 4.88. The minimum Gasteiger partial charge on any atom is -0.469 e. The number of rotatable bonds is 3. The Labute approximate surface area is 63.0 Å². The van der Waals surface area contributed by atoms with Gasteiger partial charge >= 0.3 is 5.97 Å². The van der Waals surface area contributed by atoms with Crippen molar-refractivity contribution in [3.8, 4) is 0 Å². The third-order valence-corrected chi connectivity index (χ3v) is 1.17. The molecule has 0 aromatic rings. The maximum absolute atomic E-state index is 12.2. The molecule has 1 N–H and O–H groups in total. The van der Waals surface area contributed by atoms with Crippen LogP contribution in [-0.2, 0) is 9.53 Å². The Morgan fingerprint density at radius 1 is 1.73 bits per heavy atom. The Bertz CT molecular complexity index is 141. The molecule has 5 heteroatoms. The van der Waals surface area contributed by atoms with Crippen molar-refractivity contribution in [2.75, 3.05) is 7.11 Å². The van der Waals surface area contributed by atoms with Crippen molar-refractivity contribution in [3.63, 3.8) is 0 Å². The van der Waals surface area contributed by atoms with Crippen LogP contribution in [-0.4, -0.2) is 30.2 Å². The number of alkyl halides is 2. The second-order valence-electron chi connectivity index (χ2n) is 2.25. The van der Waals surface area contributed by atoms with Crippen LogP contribution in [0.25, 0.3) is 0 Å². The summed E-state index contributed by atoms with van der Waals surface area (Å²) in [6.07, 6.45) is -2.64. The summed E-state index contributed by atoms with van der Waals surface area (Å²) in [6.45, 7) is 0.542. The molecule has 0 fully saturated rings. The normalized spacial score (nSPS) is 14.3. The number of carbonyl (C=O) groups excluding carboxylic acids is 1. The molecular weight excluding hydrogens is 158 g/mol. The Balaban J connectivity index is 3.87. The molecule has 0 spiro atoms. The van der Waals surface area contributed by atoms with Crippen LogP contribution in [0.4, 0.5) is 8.78 Å². The van der Waals surface area contributed by atoms with Crippen molar-refractivity contribution in [1.82, 2.24) is 0 Å². The Hall–Kier alpha value is -0.710. The van der Waals surface area contributed by atoms with Gasteiger partial charge in [0, 0.05) is 6.92 Å². The molecule has 0 radical (unpaired) electrons. The third-order valence-electron chi connectivity index (χ3n) is 1.17. The Morgan fingerprint density at radius 3 is 2.45 bits per heavy atom. The second-order valence-corrected chi connectivity index (χ2v) is 2.25. The minimum absolute atomic E-state index is 0.542. The van der Waals surface area contributed by atoms with Crippen molar-refractivity contribution in [2.45, 2.75) is 25.4 Å². The summed E-state index contributed by atoms with van der Waals surface area (Å²) < 4.78 is 28.4. The number of hydrogen-bond donors (Lipinski definition) is 1. The van der Waals surface area contributed by atoms with Gasteiger partial charge in [-0.15, -0.1) is 0 Å². The summed E-state index contributed by atoms with van der Waals surface area (Å²) in [5.74, 6) is -4.10. The fourth-order valence-electron chi connectivity index (χ4n) is 0.420. The molecule has 3 nitrogen and oxygen atoms in total. The number of methoxy groups -OCH3 is 1. The van der Waals surface area contributed by atoms with Crippen molar-refractivity contribution >= 4 is 5.97 Å². The van der Waals surface area contributed by atoms with E-state index in [0.717, 1.165) is 7.11 Å². The first kappa shape index (κ1) is 10.3. The van der Waals surface area contributed by atoms with Crippen LogP contribution >= 0.6 is 0 Å². The van der Waals surface area contributed by atoms with Gasteiger partial charge in [-0.25, -0.2) is 8.78 Å². The van der Waals surface area contributed by atoms with Gasteiger partial charge < -0.3 is 9.84 Å². The average molecular weight is 168 g/mol. The molecular formula is C6H10F2O3. The Kier molecular flexibility index (Phi) is 3.38. The SMILES string of the molecule is COC(=O)C[C@H](O)C(C)(F)F. The van der Waals surface area contributed by atoms with Crippen LogP contribution in [0.1, 0.15) is 13.3 Å². The maximum atomic E-state index is 12.2. The largest absolute Gasteiger partial charge is 0.469 e. The van der Waals surface area contributed by atoms with E-state index >= 15 is 0 Å². The Morgan fingerprint density at radius 2 is 2.18 bits per heavy atom. The fraction of sp³-hybridized carbons (Fsp3) is 0.833. The highest BCUT2D eigenvalue weighted by Crippen LogP contribution is 2.19. The fourth-order valence-corrected chi connectivity index (χ4v) is 0.420. The van der Waals surface area contributed by atoms with Crippen molar-refractivity contribution in [3.05, 3.63) is 0 Å². The predicted octanol–water partition coefficient (Wildman–Crippen LogP) is 0.566. The molecule has 0 amide bonds. The van der Waals surface area contributed by atoms with Crippen molar-refractivity contribution in [1.29, 1.82) is 0 Å². The monoisotopic (exact) mass is 168 g/mol. The minimum atomic E-state index is -3.26. The highest BCUT2D eigenvalue weighted by atomic mass is 19.3. The van der Waals surface area contributed by atoms with Gasteiger partial charge in [-0.1, -0.05) is 0 Å². The highest BCUT2D eigenvalue weighted by molar-refractivity contribution is 5.69. The predicted molar refractivity (Wildman–Crippen MR) is 33.3 cm³/mol. The first-order valence-corrected chi connectivity index (χ1v) is 3.00. The van der Waals surface area contributed by atoms with E-state index in [-0.39, 0.29) is 0 Å². The third kappa shape index (κ3) is 3.87. The molecule has 0 aliphatic heterocycles. The number of carbonyl (C=O) groups is 1. The smallest absolute Gasteiger partial charge is 0.308 e. The van der Waals surface area contributed by atoms with Gasteiger partial charge in [0.1, 0.15) is 6.10 Å². The molecule has 0 saturated carbocycles. The van der Waals surface area contributed by atoms with Gasteiger partial charge in [0.2, 0.25) is 0 Å². The standard InChI is InChI=1S/C6H10F2O3/c1-6(7,8)4(9)3-5(10)11-2/h4,9H,3H2,1-2H3/t4-/m0/s1. The molecule has 0 rings (SSSR count). The van der Waals surface area contributed by atoms with E-state index in [0.29, 0.717) is 6.92 Å². The molecule has 66 valence electrons. The number of hydrogen-bond acceptors (Lipinski definition) is 3. The number of esters is 1. The summed E-state index contributed by atoms with van der Waals surface area (Å²) in [4.78, 5) is 10.4. The van der Waals surface area contributed by atoms with E-state index in [1.165, 1.54) is 0 Å². The van der Waals surface area contributed by atoms with E-state index in [1.807, 2.05) is 0 Å². The summed E-state index contributed by atoms with van der Waals surface area (Å²) >= 11 is 0. The number of aliphatic hydroxyl groups excluding tert-OH is 1. The summed E-state index contributed by atoms with van der Waals surface area (Å²) in [5, 5.41) is 8.64. The van der Waals surface area contributed by atoms with Gasteiger partial charge in [0.15, 0.2) is 0 Å². The first-order valence-electron chi connectivity index (χ1n) is 3.00. The molecule has 0 saturated heterocycles. The highest BCUT2D eigenvalue weighted by Gasteiger charge is 2.34. The molecule has 0 aromatic heterocycles. The van der Waals surface area contributed by atoms with Crippen LogP contribution in [0, 0.1) is 0 Å². The van der Waals surface area contributed by atoms with E-state index in [1.54, 1.807) is 0 Å². The molecule has 0 heterocycles. The van der Waals surface area contributed by atoms with Gasteiger partial charge in [0.05, 0.1) is 13.5 Å². The summed E-state index contributed by atoms with van der Waals surface area (Å²) in [6, 6.07) is 0. The van der Waals surface area contributed by atoms with Crippen molar-refractivity contribution < 1.29 is 23.4 Å². The maximum Gasteiger partial charge on any atom is 0.308 e. The van der Waals surface area contributed by atoms with Crippen molar-refractivity contribution in [2.24, 2.45) is 0 Å². The zero-order valence-corrected chi connectivity index (χ0v) is 6.30. The average Bonchev–Trinajstić information content (AvgIpc) is 1.85. The number of aliphatic hydroxyl groups is 1. The number of ether oxygens (including phenoxy) is 1. The van der Waals surface area contributed by atoms with Gasteiger partial charge in [0.25, 0.3) is 5.92 Å². The lowest BCUT2D eigenvalue weighted by Gasteiger charge is -2.16. The van der Waals surface area contributed by atoms with Crippen LogP contribution in [0.3, 0.4) is 0 Å². The molecule has 1 atom stereocenters. The quantitative estimate of drug-likeness (QED) is 0.626. The van der Waals surface area contributed by atoms with Crippen LogP contribution in [0.15, 0.2) is 0 Å². The summed E-state index contributed by atoms with van der Waals surface area (Å²) in [5.41, 5.74) is 0. The number of halogens is 2. The van der Waals surface area contributed by atoms with E-state index in [9.17, 15) is 13.6 Å². The molecule has 11 heavy (non-hydrogen) atoms. The topological polar surface area (TPSA) is 46.5 Å². The zero-order valence-electron chi connectivity index (χ0n) is 6.30. The lowest BCUT2D eigenvalue weighted by Crippen LogP contribution is -2.32. The van der Waals surface area contributed by atoms with Crippen LogP contribution in [0.2, 0.25) is 0 Å². The molecule has 0 bridgehead atoms. The van der Waals surface area contributed by atoms with Crippen LogP contribution in [0.5, 0.6) is 0 Å². The van der Waals surface area contributed by atoms with Gasteiger partial charge in [-0.2, -0.15) is 0 Å². The molecule has 0 unspecified atom stereocenters. The summed E-state index contributed by atoms with van der Waals surface area (Å²) in [7, 11) is 1.07. The van der Waals surface area contributed by atoms with Gasteiger partial charge in [-0.05, 0) is 0 Å².